The van der Waals surface area contributed by atoms with Crippen molar-refractivity contribution >= 4 is 29.0 Å². The summed E-state index contributed by atoms with van der Waals surface area (Å²) in [4.78, 5) is 16.4. The summed E-state index contributed by atoms with van der Waals surface area (Å²) in [6.45, 7) is 1.34. The molecule has 0 atom stereocenters. The Labute approximate surface area is 232 Å². The van der Waals surface area contributed by atoms with Crippen LogP contribution < -0.4 is 0 Å². The minimum Gasteiger partial charge on any atom is -0.338 e. The molecule has 5 nitrogen and oxygen atoms in total. The Morgan fingerprint density at radius 3 is 2.18 bits per heavy atom. The molecule has 0 aliphatic carbocycles. The van der Waals surface area contributed by atoms with Crippen LogP contribution in [0.25, 0.3) is 16.4 Å². The number of thioether (sulfide) groups is 1. The summed E-state index contributed by atoms with van der Waals surface area (Å²) in [6, 6.07) is 34.9. The van der Waals surface area contributed by atoms with Crippen LogP contribution >= 0.6 is 23.1 Å². The van der Waals surface area contributed by atoms with E-state index in [-0.39, 0.29) is 5.91 Å². The molecule has 0 spiro atoms. The third kappa shape index (κ3) is 6.79. The molecule has 38 heavy (non-hydrogen) atoms. The Morgan fingerprint density at radius 1 is 0.816 bits per heavy atom. The normalized spacial score (nSPS) is 10.9. The van der Waals surface area contributed by atoms with Crippen molar-refractivity contribution in [3.8, 4) is 16.4 Å². The fourth-order valence-electron chi connectivity index (χ4n) is 4.29. The van der Waals surface area contributed by atoms with Gasteiger partial charge < -0.3 is 4.90 Å². The largest absolute Gasteiger partial charge is 0.338 e. The van der Waals surface area contributed by atoms with Gasteiger partial charge in [-0.25, -0.2) is 0 Å². The van der Waals surface area contributed by atoms with Crippen LogP contribution in [0.2, 0.25) is 0 Å². The van der Waals surface area contributed by atoms with Gasteiger partial charge in [0.05, 0.1) is 4.88 Å². The molecular formula is C31H30N4OS2. The number of hydrogen-bond donors (Lipinski definition) is 0. The number of carbonyl (C=O) groups is 1. The van der Waals surface area contributed by atoms with Gasteiger partial charge in [0, 0.05) is 31.0 Å². The molecule has 0 aliphatic heterocycles. The summed E-state index contributed by atoms with van der Waals surface area (Å²) in [7, 11) is 0. The van der Waals surface area contributed by atoms with Gasteiger partial charge in [-0.2, -0.15) is 0 Å². The van der Waals surface area contributed by atoms with Crippen LogP contribution in [0, 0.1) is 0 Å². The van der Waals surface area contributed by atoms with Crippen molar-refractivity contribution in [2.24, 2.45) is 0 Å². The van der Waals surface area contributed by atoms with E-state index in [0.717, 1.165) is 45.7 Å². The van der Waals surface area contributed by atoms with Crippen LogP contribution in [0.4, 0.5) is 0 Å². The number of hydrogen-bond acceptors (Lipinski definition) is 5. The molecule has 5 aromatic rings. The third-order valence-electron chi connectivity index (χ3n) is 6.24. The molecule has 2 aromatic heterocycles. The van der Waals surface area contributed by atoms with Gasteiger partial charge in [0.25, 0.3) is 0 Å². The number of benzene rings is 3. The van der Waals surface area contributed by atoms with E-state index in [4.69, 9.17) is 0 Å². The second-order valence-electron chi connectivity index (χ2n) is 8.94. The lowest BCUT2D eigenvalue weighted by Gasteiger charge is -2.23. The molecule has 1 amide bonds. The van der Waals surface area contributed by atoms with Crippen molar-refractivity contribution in [1.29, 1.82) is 0 Å². The molecule has 0 radical (unpaired) electrons. The van der Waals surface area contributed by atoms with Crippen LogP contribution in [0.5, 0.6) is 0 Å². The highest BCUT2D eigenvalue weighted by molar-refractivity contribution is 7.99. The maximum absolute atomic E-state index is 13.3. The summed E-state index contributed by atoms with van der Waals surface area (Å²) < 4.78 is 2.11. The minimum atomic E-state index is 0.189. The smallest absolute Gasteiger partial charge is 0.222 e. The maximum Gasteiger partial charge on any atom is 0.222 e. The Balaban J connectivity index is 1.22. The monoisotopic (exact) mass is 538 g/mol. The fraction of sp³-hybridized carbons (Fsp3) is 0.194. The quantitative estimate of drug-likeness (QED) is 0.125. The molecule has 0 saturated carbocycles. The molecule has 2 heterocycles. The van der Waals surface area contributed by atoms with Crippen molar-refractivity contribution in [2.75, 3.05) is 12.3 Å². The zero-order valence-corrected chi connectivity index (χ0v) is 22.8. The van der Waals surface area contributed by atoms with Crippen LogP contribution in [0.1, 0.15) is 24.0 Å². The first-order valence-corrected chi connectivity index (χ1v) is 14.7. The molecule has 0 bridgehead atoms. The predicted octanol–water partition coefficient (Wildman–Crippen LogP) is 7.14. The molecule has 3 aromatic carbocycles. The number of nitrogens with zero attached hydrogens (tertiary/aromatic N) is 4. The van der Waals surface area contributed by atoms with E-state index < -0.39 is 0 Å². The summed E-state index contributed by atoms with van der Waals surface area (Å²) in [5, 5.41) is 11.9. The molecule has 0 N–H and O–H groups in total. The van der Waals surface area contributed by atoms with Crippen LogP contribution in [-0.4, -0.2) is 37.9 Å². The van der Waals surface area contributed by atoms with Gasteiger partial charge in [-0.3, -0.25) is 9.36 Å². The minimum absolute atomic E-state index is 0.189. The van der Waals surface area contributed by atoms with E-state index in [1.807, 2.05) is 65.6 Å². The van der Waals surface area contributed by atoms with Crippen LogP contribution in [0.3, 0.4) is 0 Å². The average Bonchev–Trinajstić information content (AvgIpc) is 3.65. The number of amides is 1. The zero-order valence-electron chi connectivity index (χ0n) is 21.1. The van der Waals surface area contributed by atoms with Crippen LogP contribution in [-0.2, 0) is 17.8 Å². The topological polar surface area (TPSA) is 51.0 Å². The average molecular weight is 539 g/mol. The van der Waals surface area contributed by atoms with Gasteiger partial charge >= 0.3 is 0 Å². The van der Waals surface area contributed by atoms with Crippen molar-refractivity contribution in [1.82, 2.24) is 19.7 Å². The Bertz CT molecular complexity index is 1400. The first-order chi connectivity index (χ1) is 18.8. The highest BCUT2D eigenvalue weighted by Gasteiger charge is 2.18. The molecule has 0 fully saturated rings. The van der Waals surface area contributed by atoms with E-state index in [9.17, 15) is 4.79 Å². The summed E-state index contributed by atoms with van der Waals surface area (Å²) in [5.74, 6) is 1.83. The van der Waals surface area contributed by atoms with Gasteiger partial charge in [-0.1, -0.05) is 96.7 Å². The highest BCUT2D eigenvalue weighted by Crippen LogP contribution is 2.30. The zero-order chi connectivity index (χ0) is 26.0. The number of carbonyl (C=O) groups excluding carboxylic acids is 1. The molecule has 0 aliphatic rings. The summed E-state index contributed by atoms with van der Waals surface area (Å²) in [6.07, 6.45) is 2.13. The molecule has 0 unspecified atom stereocenters. The predicted molar refractivity (Wildman–Crippen MR) is 157 cm³/mol. The first kappa shape index (κ1) is 25.9. The Kier molecular flexibility index (Phi) is 9.02. The van der Waals surface area contributed by atoms with Gasteiger partial charge in [0.15, 0.2) is 11.0 Å². The maximum atomic E-state index is 13.3. The molecular weight excluding hydrogens is 509 g/mol. The summed E-state index contributed by atoms with van der Waals surface area (Å²) in [5.41, 5.74) is 3.44. The molecule has 7 heteroatoms. The van der Waals surface area contributed by atoms with E-state index in [2.05, 4.69) is 62.6 Å². The lowest BCUT2D eigenvalue weighted by molar-refractivity contribution is -0.131. The standard InChI is InChI=1S/C31H30N4OS2/c36-29(34(24-26-14-6-2-7-15-26)21-20-25-12-4-1-5-13-25)19-11-23-38-31-33-32-30(28-18-10-22-37-28)35(31)27-16-8-3-9-17-27/h1-10,12-18,22H,11,19-21,23-24H2. The third-order valence-corrected chi connectivity index (χ3v) is 8.12. The number of para-hydroxylation sites is 1. The SMILES string of the molecule is O=C(CCCSc1nnc(-c2cccs2)n1-c1ccccc1)N(CCc1ccccc1)Cc1ccccc1. The number of aromatic nitrogens is 3. The van der Waals surface area contributed by atoms with Crippen molar-refractivity contribution in [3.63, 3.8) is 0 Å². The molecule has 5 rings (SSSR count). The second-order valence-corrected chi connectivity index (χ2v) is 11.0. The van der Waals surface area contributed by atoms with Crippen LogP contribution in [0.15, 0.2) is 114 Å². The lowest BCUT2D eigenvalue weighted by atomic mass is 10.1. The Hall–Kier alpha value is -3.68. The van der Waals surface area contributed by atoms with E-state index in [0.29, 0.717) is 19.5 Å². The fourth-order valence-corrected chi connectivity index (χ4v) is 5.88. The molecule has 0 saturated heterocycles. The van der Waals surface area contributed by atoms with Gasteiger partial charge in [-0.15, -0.1) is 21.5 Å². The number of rotatable bonds is 12. The van der Waals surface area contributed by atoms with E-state index in [1.54, 1.807) is 23.1 Å². The number of thiophene rings is 1. The van der Waals surface area contributed by atoms with Crippen molar-refractivity contribution in [3.05, 3.63) is 120 Å². The van der Waals surface area contributed by atoms with Gasteiger partial charge in [0.2, 0.25) is 5.91 Å². The Morgan fingerprint density at radius 2 is 1.50 bits per heavy atom. The highest BCUT2D eigenvalue weighted by atomic mass is 32.2. The first-order valence-electron chi connectivity index (χ1n) is 12.8. The van der Waals surface area contributed by atoms with E-state index in [1.165, 1.54) is 5.56 Å². The van der Waals surface area contributed by atoms with Gasteiger partial charge in [0.1, 0.15) is 0 Å². The van der Waals surface area contributed by atoms with E-state index >= 15 is 0 Å². The van der Waals surface area contributed by atoms with Crippen molar-refractivity contribution < 1.29 is 4.79 Å². The second kappa shape index (κ2) is 13.2. The van der Waals surface area contributed by atoms with Crippen molar-refractivity contribution in [2.45, 2.75) is 31.0 Å². The van der Waals surface area contributed by atoms with Gasteiger partial charge in [-0.05, 0) is 47.5 Å². The summed E-state index contributed by atoms with van der Waals surface area (Å²) >= 11 is 3.31. The lowest BCUT2D eigenvalue weighted by Crippen LogP contribution is -2.32. The molecule has 192 valence electrons.